The van der Waals surface area contributed by atoms with Crippen LogP contribution in [0, 0.1) is 29.1 Å². The number of methoxy groups -OCH3 is 1. The van der Waals surface area contributed by atoms with Crippen molar-refractivity contribution in [2.45, 2.75) is 344 Å². The van der Waals surface area contributed by atoms with Gasteiger partial charge in [0.2, 0.25) is 12.9 Å². The first-order chi connectivity index (χ1) is 54.0. The van der Waals surface area contributed by atoms with Crippen LogP contribution in [0.25, 0.3) is 0 Å². The van der Waals surface area contributed by atoms with E-state index < -0.39 is 41.7 Å². The van der Waals surface area contributed by atoms with Gasteiger partial charge in [-0.3, -0.25) is 0 Å². The molecule has 8 saturated heterocycles. The van der Waals surface area contributed by atoms with Gasteiger partial charge >= 0.3 is 0 Å². The Morgan fingerprint density at radius 1 is 0.407 bits per heavy atom. The van der Waals surface area contributed by atoms with E-state index in [9.17, 15) is 30.7 Å². The van der Waals surface area contributed by atoms with Crippen LogP contribution in [0.15, 0.2) is 18.2 Å². The second-order valence-corrected chi connectivity index (χ2v) is 42.5. The summed E-state index contributed by atoms with van der Waals surface area (Å²) >= 11 is 0. The summed E-state index contributed by atoms with van der Waals surface area (Å²) in [5.41, 5.74) is -0.726. The number of piperidine rings is 2. The summed E-state index contributed by atoms with van der Waals surface area (Å²) in [6, 6.07) is 6.40. The normalized spacial score (nSPS) is 28.6. The number of alkyl halides is 7. The summed E-state index contributed by atoms with van der Waals surface area (Å²) in [7, 11) is 20.0. The second kappa shape index (κ2) is 51.6. The molecule has 0 bridgehead atoms. The van der Waals surface area contributed by atoms with Crippen molar-refractivity contribution in [2.75, 3.05) is 195 Å². The van der Waals surface area contributed by atoms with E-state index in [-0.39, 0.29) is 77.7 Å². The van der Waals surface area contributed by atoms with Crippen molar-refractivity contribution in [3.05, 3.63) is 29.3 Å². The third-order valence-corrected chi connectivity index (χ3v) is 21.9. The predicted molar refractivity (Wildman–Crippen MR) is 474 cm³/mol. The molecular weight excluding hydrogens is 1520 g/mol. The fourth-order valence-corrected chi connectivity index (χ4v) is 15.8. The Morgan fingerprint density at radius 2 is 0.788 bits per heavy atom. The predicted octanol–water partition coefficient (Wildman–Crippen LogP) is 17.2. The Bertz CT molecular complexity index is 2760. The van der Waals surface area contributed by atoms with E-state index in [0.717, 1.165) is 103 Å². The molecule has 118 heavy (non-hydrogen) atoms. The Kier molecular flexibility index (Phi) is 48.9. The van der Waals surface area contributed by atoms with E-state index in [4.69, 9.17) is 42.6 Å². The first-order valence-corrected chi connectivity index (χ1v) is 44.7. The van der Waals surface area contributed by atoms with Gasteiger partial charge in [-0.1, -0.05) is 46.8 Å². The van der Waals surface area contributed by atoms with E-state index in [1.807, 2.05) is 119 Å². The molecule has 0 amide bonds. The summed E-state index contributed by atoms with van der Waals surface area (Å²) in [5, 5.41) is 0. The highest BCUT2D eigenvalue weighted by Gasteiger charge is 2.43. The Labute approximate surface area is 717 Å². The molecule has 0 aromatic heterocycles. The lowest BCUT2D eigenvalue weighted by atomic mass is 9.82. The zero-order chi connectivity index (χ0) is 90.5. The minimum atomic E-state index is -2.27. The van der Waals surface area contributed by atoms with Crippen LogP contribution in [0.4, 0.5) is 30.7 Å². The molecule has 0 radical (unpaired) electrons. The molecule has 700 valence electrons. The van der Waals surface area contributed by atoms with Gasteiger partial charge < -0.3 is 86.7 Å². The molecule has 0 unspecified atom stereocenters. The highest BCUT2D eigenvalue weighted by molar-refractivity contribution is 5.42. The number of rotatable bonds is 19. The van der Waals surface area contributed by atoms with E-state index in [1.54, 1.807) is 7.11 Å². The molecule has 18 nitrogen and oxygen atoms in total. The van der Waals surface area contributed by atoms with E-state index in [0.29, 0.717) is 94.8 Å². The van der Waals surface area contributed by atoms with Crippen LogP contribution >= 0.6 is 0 Å². The first kappa shape index (κ1) is 112. The number of likely N-dealkylation sites (tertiary alicyclic amines) is 8. The minimum Gasteiger partial charge on any atom is -0.488 e. The molecule has 0 N–H and O–H groups in total. The Morgan fingerprint density at radius 3 is 1.16 bits per heavy atom. The van der Waals surface area contributed by atoms with Crippen LogP contribution in [0.2, 0.25) is 0 Å². The molecule has 0 spiro atoms. The van der Waals surface area contributed by atoms with Gasteiger partial charge in [-0.2, -0.15) is 0 Å². The smallest absolute Gasteiger partial charge is 0.245 e. The number of nitrogens with zero attached hydrogens (tertiary/aromatic N) is 9. The first-order valence-electron chi connectivity index (χ1n) is 44.7. The number of halogens is 7. The van der Waals surface area contributed by atoms with Gasteiger partial charge in [-0.05, 0) is 294 Å². The molecule has 1 aromatic carbocycles. The molecule has 9 aliphatic rings. The van der Waals surface area contributed by atoms with E-state index >= 15 is 0 Å². The maximum Gasteiger partial charge on any atom is 0.245 e. The second-order valence-electron chi connectivity index (χ2n) is 42.5. The van der Waals surface area contributed by atoms with Crippen molar-refractivity contribution < 1.29 is 73.4 Å². The van der Waals surface area contributed by atoms with Crippen LogP contribution < -0.4 is 4.74 Å². The largest absolute Gasteiger partial charge is 0.488 e. The number of hydrogen-bond acceptors (Lipinski definition) is 18. The summed E-state index contributed by atoms with van der Waals surface area (Å²) in [6.07, 6.45) is 3.37. The van der Waals surface area contributed by atoms with Crippen LogP contribution in [-0.2, 0) is 50.9 Å². The van der Waals surface area contributed by atoms with Crippen molar-refractivity contribution in [1.29, 1.82) is 0 Å². The molecule has 9 heterocycles. The number of benzene rings is 1. The third-order valence-electron chi connectivity index (χ3n) is 21.9. The van der Waals surface area contributed by atoms with Gasteiger partial charge in [0.25, 0.3) is 0 Å². The van der Waals surface area contributed by atoms with Gasteiger partial charge in [0, 0.05) is 118 Å². The Hall–Kier alpha value is -2.15. The number of ether oxygens (including phenoxy) is 9. The Balaban J connectivity index is 0.000000451. The van der Waals surface area contributed by atoms with Gasteiger partial charge in [-0.15, -0.1) is 0 Å². The lowest BCUT2D eigenvalue weighted by molar-refractivity contribution is -0.0995. The molecule has 25 heteroatoms. The molecule has 12 atom stereocenters. The zero-order valence-electron chi connectivity index (χ0n) is 81.6. The fourth-order valence-electron chi connectivity index (χ4n) is 15.8. The average molecular weight is 1700 g/mol. The molecule has 9 aliphatic heterocycles. The van der Waals surface area contributed by atoms with Crippen LogP contribution in [0.5, 0.6) is 5.75 Å². The van der Waals surface area contributed by atoms with Crippen molar-refractivity contribution in [1.82, 2.24) is 44.1 Å². The molecule has 0 saturated carbocycles. The zero-order valence-corrected chi connectivity index (χ0v) is 81.6. The molecule has 10 rings (SSSR count). The highest BCUT2D eigenvalue weighted by atomic mass is 19.3. The minimum absolute atomic E-state index is 0.0257. The maximum absolute atomic E-state index is 14.3. The fraction of sp³-hybridized carbons (Fsp3) is 0.935. The average Bonchev–Trinajstić information content (AvgIpc) is 1.42. The van der Waals surface area contributed by atoms with Crippen LogP contribution in [-0.4, -0.2) is 352 Å². The van der Waals surface area contributed by atoms with Crippen LogP contribution in [0.1, 0.15) is 229 Å². The van der Waals surface area contributed by atoms with Gasteiger partial charge in [0.05, 0.1) is 103 Å². The maximum atomic E-state index is 14.3. The van der Waals surface area contributed by atoms with Crippen LogP contribution in [0.3, 0.4) is 0 Å². The number of hydrogen-bond donors (Lipinski definition) is 0. The van der Waals surface area contributed by atoms with E-state index in [1.165, 1.54) is 24.2 Å². The van der Waals surface area contributed by atoms with Gasteiger partial charge in [-0.25, -0.2) is 30.7 Å². The van der Waals surface area contributed by atoms with Crippen molar-refractivity contribution in [3.63, 3.8) is 0 Å². The topological polar surface area (TPSA) is 112 Å². The molecule has 1 aromatic rings. The monoisotopic (exact) mass is 1700 g/mol. The summed E-state index contributed by atoms with van der Waals surface area (Å²) in [5.74, 6) is 1.22. The van der Waals surface area contributed by atoms with E-state index in [2.05, 4.69) is 180 Å². The summed E-state index contributed by atoms with van der Waals surface area (Å²) in [4.78, 5) is 19.3. The summed E-state index contributed by atoms with van der Waals surface area (Å²) in [6.45, 7) is 67.2. The number of fused-ring (bicyclic) bond motifs is 1. The summed E-state index contributed by atoms with van der Waals surface area (Å²) < 4.78 is 143. The van der Waals surface area contributed by atoms with Crippen molar-refractivity contribution >= 4 is 0 Å². The lowest BCUT2D eigenvalue weighted by Gasteiger charge is -2.36. The third kappa shape index (κ3) is 48.5. The van der Waals surface area contributed by atoms with Gasteiger partial charge in [0.15, 0.2) is 0 Å². The van der Waals surface area contributed by atoms with Crippen molar-refractivity contribution in [2.24, 2.45) is 29.1 Å². The van der Waals surface area contributed by atoms with Gasteiger partial charge in [0.1, 0.15) is 28.4 Å². The number of likely N-dealkylation sites (N-methyl/N-ethyl adjacent to an activating group) is 6. The highest BCUT2D eigenvalue weighted by Crippen LogP contribution is 2.36. The molecular formula is C93H180F7N9O9. The quantitative estimate of drug-likeness (QED) is 0.122. The SMILES string of the molecule is CC(C)O[C@@H]1CN(C)C[C@H]1C.CC(C)O[C@@H]1CN(C)C[C@H]1C(F)F.CC(C)O[C@H]1CN(C)C[C@@H]1C.CC(C)O[C@H]1CN(C)C[C@@H]1C(F)F.CN1CCC(F)(COC(C)(C)C)CC1.CN1CCC[C@@](F)(CCC(C)(C)C)C1.CN1CC[C@@](F)(COC(C)(C)C)C1.CN1CCc2c(cccc2OC(C)(C)C)C1.CO[C@@H]1CN(C)C[C@H]1OC(C)(C)C. The standard InChI is InChI=1S/C14H21NO.C12H24FN.C11H22FNO.C10H20FNO.C10H21NO2.2C9H17F2NO.2C9H19NO/c1-14(2,3)16-13-7-5-6-11-10-15(4)9-8-12(11)13;1-11(2,3)7-8-12(13)6-5-9-14(4)10-12;1-10(2,3)14-9-11(12)5-7-13(4)8-6-11;1-9(2,3)13-8-10(11)5-6-12(4)7-10;1-10(2,3)13-9-7-11(4)6-8(9)12-5;2*1-6(2)13-8-5-12(3)4-7(8)9(10)11;2*1-7(2)11-9-6-10(4)5-8(9)3/h5-7H,8-10H2,1-4H3;5-10H2,1-4H3;5-9H2,1-4H3;5-8H2,1-4H3;8-9H,6-7H2,1-5H3;2*6-9H,4-5H2,1-3H3;2*7-9H,5-6H2,1-4H3/t;12-;;10-;8-,9-;2*7-,8-;2*8-,9-/m.1.011010/s1. The molecule has 8 fully saturated rings. The molecule has 0 aliphatic carbocycles. The lowest BCUT2D eigenvalue weighted by Crippen LogP contribution is -2.44. The van der Waals surface area contributed by atoms with Crippen molar-refractivity contribution in [3.8, 4) is 5.75 Å².